The van der Waals surface area contributed by atoms with Crippen LogP contribution in [-0.4, -0.2) is 33.3 Å². The van der Waals surface area contributed by atoms with Crippen LogP contribution >= 0.6 is 11.8 Å². The van der Waals surface area contributed by atoms with Crippen LogP contribution in [-0.2, 0) is 4.79 Å². The van der Waals surface area contributed by atoms with Crippen molar-refractivity contribution in [3.63, 3.8) is 0 Å². The molecule has 0 aliphatic heterocycles. The highest BCUT2D eigenvalue weighted by molar-refractivity contribution is 7.99. The van der Waals surface area contributed by atoms with E-state index < -0.39 is 6.03 Å². The molecule has 7 heteroatoms. The lowest BCUT2D eigenvalue weighted by Gasteiger charge is -2.15. The normalized spacial score (nSPS) is 11.0. The number of imide groups is 1. The Morgan fingerprint density at radius 2 is 1.92 bits per heavy atom. The Morgan fingerprint density at radius 3 is 2.60 bits per heavy atom. The van der Waals surface area contributed by atoms with Gasteiger partial charge in [0, 0.05) is 18.4 Å². The molecule has 0 radical (unpaired) electrons. The Labute approximate surface area is 152 Å². The number of nitrogens with zero attached hydrogens (tertiary/aromatic N) is 2. The van der Waals surface area contributed by atoms with Crippen molar-refractivity contribution in [3.8, 4) is 5.69 Å². The first-order chi connectivity index (χ1) is 11.9. The van der Waals surface area contributed by atoms with Crippen LogP contribution in [0.5, 0.6) is 0 Å². The minimum absolute atomic E-state index is 0.0214. The zero-order valence-corrected chi connectivity index (χ0v) is 15.8. The molecular weight excluding hydrogens is 336 g/mol. The molecule has 2 rings (SSSR count). The first-order valence-electron chi connectivity index (χ1n) is 8.24. The number of carbonyl (C=O) groups excluding carboxylic acids is 2. The first kappa shape index (κ1) is 19.1. The summed E-state index contributed by atoms with van der Waals surface area (Å²) in [6.07, 6.45) is 3.59. The first-order valence-corrected chi connectivity index (χ1v) is 9.22. The minimum atomic E-state index is -0.478. The average molecular weight is 360 g/mol. The SMILES string of the molecule is CC(C)NC(=O)NC(=O)CSc1nccn1-c1ccccc1C(C)C. The molecule has 2 N–H and O–H groups in total. The number of benzene rings is 1. The van der Waals surface area contributed by atoms with Gasteiger partial charge in [0.2, 0.25) is 5.91 Å². The average Bonchev–Trinajstić information content (AvgIpc) is 3.00. The maximum absolute atomic E-state index is 11.9. The fourth-order valence-electron chi connectivity index (χ4n) is 2.37. The number of imidazole rings is 1. The lowest BCUT2D eigenvalue weighted by atomic mass is 10.0. The van der Waals surface area contributed by atoms with Crippen molar-refractivity contribution in [3.05, 3.63) is 42.2 Å². The topological polar surface area (TPSA) is 76.0 Å². The predicted octanol–water partition coefficient (Wildman–Crippen LogP) is 3.32. The van der Waals surface area contributed by atoms with Crippen LogP contribution in [0.2, 0.25) is 0 Å². The number of amides is 3. The van der Waals surface area contributed by atoms with E-state index in [4.69, 9.17) is 0 Å². The second-order valence-electron chi connectivity index (χ2n) is 6.26. The molecule has 1 aromatic heterocycles. The Bertz CT molecular complexity index is 740. The quantitative estimate of drug-likeness (QED) is 0.775. The fourth-order valence-corrected chi connectivity index (χ4v) is 3.13. The molecule has 25 heavy (non-hydrogen) atoms. The molecule has 3 amide bonds. The maximum Gasteiger partial charge on any atom is 0.321 e. The van der Waals surface area contributed by atoms with Crippen molar-refractivity contribution in [1.29, 1.82) is 0 Å². The summed E-state index contributed by atoms with van der Waals surface area (Å²) in [6.45, 7) is 7.95. The highest BCUT2D eigenvalue weighted by atomic mass is 32.2. The summed E-state index contributed by atoms with van der Waals surface area (Å²) < 4.78 is 1.97. The van der Waals surface area contributed by atoms with Gasteiger partial charge in [0.15, 0.2) is 5.16 Å². The molecular formula is C18H24N4O2S. The molecule has 0 saturated heterocycles. The van der Waals surface area contributed by atoms with E-state index in [1.165, 1.54) is 17.3 Å². The van der Waals surface area contributed by atoms with E-state index >= 15 is 0 Å². The highest BCUT2D eigenvalue weighted by Crippen LogP contribution is 2.26. The van der Waals surface area contributed by atoms with Crippen molar-refractivity contribution in [2.45, 2.75) is 44.8 Å². The number of aromatic nitrogens is 2. The van der Waals surface area contributed by atoms with Crippen LogP contribution < -0.4 is 10.6 Å². The predicted molar refractivity (Wildman–Crippen MR) is 100 cm³/mol. The zero-order valence-electron chi connectivity index (χ0n) is 14.9. The van der Waals surface area contributed by atoms with Gasteiger partial charge >= 0.3 is 6.03 Å². The molecule has 2 aromatic rings. The van der Waals surface area contributed by atoms with Gasteiger partial charge in [-0.05, 0) is 31.4 Å². The number of thioether (sulfide) groups is 1. The summed E-state index contributed by atoms with van der Waals surface area (Å²) >= 11 is 1.30. The lowest BCUT2D eigenvalue weighted by Crippen LogP contribution is -2.43. The Hall–Kier alpha value is -2.28. The van der Waals surface area contributed by atoms with Crippen LogP contribution in [0.15, 0.2) is 41.8 Å². The lowest BCUT2D eigenvalue weighted by molar-refractivity contribution is -0.117. The standard InChI is InChI=1S/C18H24N4O2S/c1-12(2)14-7-5-6-8-15(14)22-10-9-19-18(22)25-11-16(23)21-17(24)20-13(3)4/h5-10,12-13H,11H2,1-4H3,(H2,20,21,23,24). The molecule has 1 heterocycles. The van der Waals surface area contributed by atoms with Gasteiger partial charge in [0.1, 0.15) is 0 Å². The molecule has 134 valence electrons. The van der Waals surface area contributed by atoms with E-state index in [2.05, 4.69) is 35.5 Å². The molecule has 0 atom stereocenters. The third-order valence-electron chi connectivity index (χ3n) is 3.43. The van der Waals surface area contributed by atoms with Gasteiger partial charge in [-0.15, -0.1) is 0 Å². The van der Waals surface area contributed by atoms with Crippen LogP contribution in [0.3, 0.4) is 0 Å². The van der Waals surface area contributed by atoms with Gasteiger partial charge in [-0.2, -0.15) is 0 Å². The van der Waals surface area contributed by atoms with Gasteiger partial charge in [-0.25, -0.2) is 9.78 Å². The summed E-state index contributed by atoms with van der Waals surface area (Å²) in [5, 5.41) is 5.65. The summed E-state index contributed by atoms with van der Waals surface area (Å²) in [6, 6.07) is 7.64. The number of rotatable bonds is 6. The van der Waals surface area contributed by atoms with E-state index in [1.54, 1.807) is 6.20 Å². The van der Waals surface area contributed by atoms with E-state index in [0.717, 1.165) is 5.69 Å². The molecule has 1 aromatic carbocycles. The van der Waals surface area contributed by atoms with E-state index in [0.29, 0.717) is 11.1 Å². The smallest absolute Gasteiger partial charge is 0.321 e. The van der Waals surface area contributed by atoms with Crippen molar-refractivity contribution in [2.24, 2.45) is 0 Å². The third kappa shape index (κ3) is 5.35. The molecule has 6 nitrogen and oxygen atoms in total. The second-order valence-corrected chi connectivity index (χ2v) is 7.20. The maximum atomic E-state index is 11.9. The second kappa shape index (κ2) is 8.71. The number of hydrogen-bond donors (Lipinski definition) is 2. The number of nitrogens with one attached hydrogen (secondary N) is 2. The molecule has 0 unspecified atom stereocenters. The van der Waals surface area contributed by atoms with Crippen LogP contribution in [0.25, 0.3) is 5.69 Å². The van der Waals surface area contributed by atoms with Gasteiger partial charge in [-0.3, -0.25) is 14.7 Å². The van der Waals surface area contributed by atoms with E-state index in [1.807, 2.05) is 42.8 Å². The number of para-hydroxylation sites is 1. The van der Waals surface area contributed by atoms with E-state index in [9.17, 15) is 9.59 Å². The monoisotopic (exact) mass is 360 g/mol. The van der Waals surface area contributed by atoms with Crippen LogP contribution in [0.4, 0.5) is 4.79 Å². The van der Waals surface area contributed by atoms with Gasteiger partial charge in [0.05, 0.1) is 11.4 Å². The summed E-state index contributed by atoms with van der Waals surface area (Å²) in [7, 11) is 0. The van der Waals surface area contributed by atoms with Crippen molar-refractivity contribution in [2.75, 3.05) is 5.75 Å². The van der Waals surface area contributed by atoms with Gasteiger partial charge in [-0.1, -0.05) is 43.8 Å². The molecule has 0 spiro atoms. The van der Waals surface area contributed by atoms with Crippen molar-refractivity contribution in [1.82, 2.24) is 20.2 Å². The van der Waals surface area contributed by atoms with Crippen LogP contribution in [0.1, 0.15) is 39.2 Å². The van der Waals surface area contributed by atoms with E-state index in [-0.39, 0.29) is 17.7 Å². The van der Waals surface area contributed by atoms with Crippen LogP contribution in [0, 0.1) is 0 Å². The Morgan fingerprint density at radius 1 is 1.20 bits per heavy atom. The molecule has 0 aliphatic carbocycles. The van der Waals surface area contributed by atoms with Crippen molar-refractivity contribution < 1.29 is 9.59 Å². The molecule has 0 fully saturated rings. The van der Waals surface area contributed by atoms with Crippen molar-refractivity contribution >= 4 is 23.7 Å². The summed E-state index contributed by atoms with van der Waals surface area (Å²) in [5.74, 6) is 0.140. The number of carbonyl (C=O) groups is 2. The van der Waals surface area contributed by atoms with Gasteiger partial charge in [0.25, 0.3) is 0 Å². The highest BCUT2D eigenvalue weighted by Gasteiger charge is 2.14. The summed E-state index contributed by atoms with van der Waals surface area (Å²) in [5.41, 5.74) is 2.26. The molecule has 0 bridgehead atoms. The largest absolute Gasteiger partial charge is 0.336 e. The minimum Gasteiger partial charge on any atom is -0.336 e. The summed E-state index contributed by atoms with van der Waals surface area (Å²) in [4.78, 5) is 27.8. The Kier molecular flexibility index (Phi) is 6.64. The van der Waals surface area contributed by atoms with Gasteiger partial charge < -0.3 is 5.32 Å². The number of hydrogen-bond acceptors (Lipinski definition) is 4. The number of urea groups is 1. The zero-order chi connectivity index (χ0) is 18.4. The third-order valence-corrected chi connectivity index (χ3v) is 4.40. The fraction of sp³-hybridized carbons (Fsp3) is 0.389. The Balaban J connectivity index is 2.06. The molecule has 0 saturated carbocycles. The molecule has 0 aliphatic rings.